The third kappa shape index (κ3) is 8.32. The van der Waals surface area contributed by atoms with Gasteiger partial charge < -0.3 is 15.0 Å². The molecule has 0 heterocycles. The standard InChI is InChI=1S/C31H37BrFN3O5S/c1-7-27(30(38)34-31(3,4)5)35(19-22-10-12-23(33)13-11-22)29(37)20-36(24-14-8-21(2)9-15-24)42(39,40)25-16-17-28(41-6)26(32)18-25/h8-18,27H,7,19-20H2,1-6H3,(H,34,38)/t27-/m1/s1. The summed E-state index contributed by atoms with van der Waals surface area (Å²) in [5.41, 5.74) is 1.23. The Morgan fingerprint density at radius 2 is 1.64 bits per heavy atom. The fourth-order valence-corrected chi connectivity index (χ4v) is 6.47. The van der Waals surface area contributed by atoms with E-state index < -0.39 is 39.9 Å². The monoisotopic (exact) mass is 661 g/mol. The quantitative estimate of drug-likeness (QED) is 0.279. The normalized spacial score (nSPS) is 12.4. The second-order valence-electron chi connectivity index (χ2n) is 11.0. The summed E-state index contributed by atoms with van der Waals surface area (Å²) in [6, 6.07) is 15.9. The Bertz CT molecular complexity index is 1510. The average Bonchev–Trinajstić information content (AvgIpc) is 2.92. The van der Waals surface area contributed by atoms with Gasteiger partial charge in [0, 0.05) is 12.1 Å². The molecule has 0 fully saturated rings. The van der Waals surface area contributed by atoms with Crippen molar-refractivity contribution in [3.63, 3.8) is 0 Å². The van der Waals surface area contributed by atoms with Gasteiger partial charge in [0.25, 0.3) is 10.0 Å². The third-order valence-corrected chi connectivity index (χ3v) is 8.85. The molecule has 0 aliphatic rings. The van der Waals surface area contributed by atoms with Crippen molar-refractivity contribution in [1.82, 2.24) is 10.2 Å². The maximum atomic E-state index is 14.1. The highest BCUT2D eigenvalue weighted by molar-refractivity contribution is 9.10. The number of carbonyl (C=O) groups is 2. The third-order valence-electron chi connectivity index (χ3n) is 6.46. The van der Waals surface area contributed by atoms with E-state index in [9.17, 15) is 22.4 Å². The number of amides is 2. The van der Waals surface area contributed by atoms with E-state index in [1.165, 1.54) is 54.5 Å². The van der Waals surface area contributed by atoms with Crippen LogP contribution in [0.2, 0.25) is 0 Å². The largest absolute Gasteiger partial charge is 0.496 e. The van der Waals surface area contributed by atoms with Crippen molar-refractivity contribution in [2.45, 2.75) is 64.1 Å². The molecule has 3 aromatic carbocycles. The van der Waals surface area contributed by atoms with Gasteiger partial charge in [-0.25, -0.2) is 12.8 Å². The van der Waals surface area contributed by atoms with Gasteiger partial charge in [-0.05, 0) is 98.1 Å². The second kappa shape index (κ2) is 13.7. The molecular formula is C31H37BrFN3O5S. The lowest BCUT2D eigenvalue weighted by Crippen LogP contribution is -2.55. The Labute approximate surface area is 256 Å². The van der Waals surface area contributed by atoms with E-state index in [2.05, 4.69) is 21.2 Å². The number of hydrogen-bond acceptors (Lipinski definition) is 5. The first-order chi connectivity index (χ1) is 19.7. The molecule has 0 saturated heterocycles. The molecule has 0 bridgehead atoms. The smallest absolute Gasteiger partial charge is 0.264 e. The molecule has 8 nitrogen and oxygen atoms in total. The number of nitrogens with zero attached hydrogens (tertiary/aromatic N) is 2. The van der Waals surface area contributed by atoms with Crippen LogP contribution in [0.25, 0.3) is 0 Å². The Kier molecular flexibility index (Phi) is 10.8. The first-order valence-electron chi connectivity index (χ1n) is 13.4. The van der Waals surface area contributed by atoms with Crippen LogP contribution in [0.3, 0.4) is 0 Å². The fraction of sp³-hybridized carbons (Fsp3) is 0.355. The lowest BCUT2D eigenvalue weighted by Gasteiger charge is -2.34. The van der Waals surface area contributed by atoms with Crippen LogP contribution in [-0.4, -0.2) is 50.4 Å². The molecule has 226 valence electrons. The Morgan fingerprint density at radius 3 is 2.17 bits per heavy atom. The van der Waals surface area contributed by atoms with Gasteiger partial charge in [0.1, 0.15) is 24.2 Å². The van der Waals surface area contributed by atoms with Crippen molar-refractivity contribution in [2.24, 2.45) is 0 Å². The molecule has 1 atom stereocenters. The predicted molar refractivity (Wildman–Crippen MR) is 165 cm³/mol. The molecule has 42 heavy (non-hydrogen) atoms. The lowest BCUT2D eigenvalue weighted by atomic mass is 10.1. The Morgan fingerprint density at radius 1 is 1.02 bits per heavy atom. The topological polar surface area (TPSA) is 96.0 Å². The van der Waals surface area contributed by atoms with Crippen molar-refractivity contribution in [2.75, 3.05) is 18.0 Å². The van der Waals surface area contributed by atoms with Crippen molar-refractivity contribution in [3.05, 3.63) is 88.1 Å². The summed E-state index contributed by atoms with van der Waals surface area (Å²) in [4.78, 5) is 28.8. The first-order valence-corrected chi connectivity index (χ1v) is 15.7. The van der Waals surface area contributed by atoms with Crippen LogP contribution in [0.4, 0.5) is 10.1 Å². The number of aryl methyl sites for hydroxylation is 1. The SMILES string of the molecule is CC[C@H](C(=O)NC(C)(C)C)N(Cc1ccc(F)cc1)C(=O)CN(c1ccc(C)cc1)S(=O)(=O)c1ccc(OC)c(Br)c1. The summed E-state index contributed by atoms with van der Waals surface area (Å²) >= 11 is 3.34. The zero-order valence-electron chi connectivity index (χ0n) is 24.6. The van der Waals surface area contributed by atoms with E-state index >= 15 is 0 Å². The summed E-state index contributed by atoms with van der Waals surface area (Å²) < 4.78 is 48.5. The second-order valence-corrected chi connectivity index (χ2v) is 13.7. The molecule has 0 unspecified atom stereocenters. The van der Waals surface area contributed by atoms with Crippen LogP contribution >= 0.6 is 15.9 Å². The van der Waals surface area contributed by atoms with Gasteiger partial charge in [0.2, 0.25) is 11.8 Å². The molecule has 0 aromatic heterocycles. The number of methoxy groups -OCH3 is 1. The molecule has 3 aromatic rings. The number of ether oxygens (including phenoxy) is 1. The van der Waals surface area contributed by atoms with Gasteiger partial charge in [0.15, 0.2) is 0 Å². The highest BCUT2D eigenvalue weighted by Crippen LogP contribution is 2.31. The van der Waals surface area contributed by atoms with Crippen LogP contribution in [-0.2, 0) is 26.2 Å². The minimum Gasteiger partial charge on any atom is -0.496 e. The molecule has 1 N–H and O–H groups in total. The van der Waals surface area contributed by atoms with Gasteiger partial charge in [-0.3, -0.25) is 13.9 Å². The molecule has 2 amide bonds. The number of benzene rings is 3. The van der Waals surface area contributed by atoms with E-state index in [4.69, 9.17) is 4.74 Å². The zero-order chi connectivity index (χ0) is 31.2. The number of carbonyl (C=O) groups excluding carboxylic acids is 2. The summed E-state index contributed by atoms with van der Waals surface area (Å²) in [6.45, 7) is 8.56. The summed E-state index contributed by atoms with van der Waals surface area (Å²) in [7, 11) is -2.78. The molecule has 0 radical (unpaired) electrons. The van der Waals surface area contributed by atoms with Crippen LogP contribution in [0.15, 0.2) is 76.1 Å². The van der Waals surface area contributed by atoms with Gasteiger partial charge in [-0.15, -0.1) is 0 Å². The maximum absolute atomic E-state index is 14.1. The highest BCUT2D eigenvalue weighted by Gasteiger charge is 2.34. The molecule has 3 rings (SSSR count). The summed E-state index contributed by atoms with van der Waals surface area (Å²) in [5.74, 6) is -0.944. The van der Waals surface area contributed by atoms with Crippen LogP contribution < -0.4 is 14.4 Å². The molecule has 0 aliphatic carbocycles. The number of anilines is 1. The van der Waals surface area contributed by atoms with Crippen molar-refractivity contribution in [3.8, 4) is 5.75 Å². The van der Waals surface area contributed by atoms with Crippen molar-refractivity contribution >= 4 is 43.5 Å². The molecular weight excluding hydrogens is 625 g/mol. The minimum atomic E-state index is -4.25. The maximum Gasteiger partial charge on any atom is 0.264 e. The van der Waals surface area contributed by atoms with E-state index in [-0.39, 0.29) is 29.5 Å². The highest BCUT2D eigenvalue weighted by atomic mass is 79.9. The lowest BCUT2D eigenvalue weighted by molar-refractivity contribution is -0.141. The van der Waals surface area contributed by atoms with E-state index in [1.54, 1.807) is 31.2 Å². The van der Waals surface area contributed by atoms with Gasteiger partial charge >= 0.3 is 0 Å². The number of hydrogen-bond donors (Lipinski definition) is 1. The molecule has 11 heteroatoms. The molecule has 0 saturated carbocycles. The van der Waals surface area contributed by atoms with Crippen LogP contribution in [0, 0.1) is 12.7 Å². The van der Waals surface area contributed by atoms with E-state index in [0.29, 0.717) is 15.8 Å². The number of halogens is 2. The molecule has 0 spiro atoms. The first kappa shape index (κ1) is 33.1. The number of rotatable bonds is 11. The minimum absolute atomic E-state index is 0.0228. The van der Waals surface area contributed by atoms with Crippen molar-refractivity contribution in [1.29, 1.82) is 0 Å². The number of nitrogens with one attached hydrogen (secondary N) is 1. The molecule has 0 aliphatic heterocycles. The summed E-state index contributed by atoms with van der Waals surface area (Å²) in [5, 5.41) is 2.92. The number of sulfonamides is 1. The van der Waals surface area contributed by atoms with Gasteiger partial charge in [-0.2, -0.15) is 0 Å². The fourth-order valence-electron chi connectivity index (χ4n) is 4.33. The van der Waals surface area contributed by atoms with E-state index in [0.717, 1.165) is 9.87 Å². The van der Waals surface area contributed by atoms with Gasteiger partial charge in [-0.1, -0.05) is 36.8 Å². The van der Waals surface area contributed by atoms with Gasteiger partial charge in [0.05, 0.1) is 22.2 Å². The van der Waals surface area contributed by atoms with Crippen LogP contribution in [0.1, 0.15) is 45.2 Å². The van der Waals surface area contributed by atoms with Crippen molar-refractivity contribution < 1.29 is 27.1 Å². The zero-order valence-corrected chi connectivity index (χ0v) is 27.1. The predicted octanol–water partition coefficient (Wildman–Crippen LogP) is 5.82. The Hall–Kier alpha value is -3.44. The summed E-state index contributed by atoms with van der Waals surface area (Å²) in [6.07, 6.45) is 0.275. The average molecular weight is 663 g/mol. The Balaban J connectivity index is 2.09. The van der Waals surface area contributed by atoms with Crippen LogP contribution in [0.5, 0.6) is 5.75 Å². The van der Waals surface area contributed by atoms with E-state index in [1.807, 2.05) is 27.7 Å².